The first kappa shape index (κ1) is 24.2. The zero-order valence-electron chi connectivity index (χ0n) is 20.4. The van der Waals surface area contributed by atoms with Gasteiger partial charge in [0.2, 0.25) is 5.95 Å². The largest absolute Gasteiger partial charge is 0.359 e. The minimum atomic E-state index is -0.412. The number of hydrogen-bond acceptors (Lipinski definition) is 7. The van der Waals surface area contributed by atoms with Crippen molar-refractivity contribution in [3.8, 4) is 11.8 Å². The normalized spacial score (nSPS) is 13.7. The molecule has 0 spiro atoms. The number of hydrogen-bond donors (Lipinski definition) is 3. The van der Waals surface area contributed by atoms with E-state index in [1.807, 2.05) is 32.9 Å². The molecule has 35 heavy (non-hydrogen) atoms. The first-order valence-electron chi connectivity index (χ1n) is 11.8. The quantitative estimate of drug-likeness (QED) is 0.458. The van der Waals surface area contributed by atoms with Crippen molar-refractivity contribution in [2.75, 3.05) is 42.1 Å². The first-order valence-corrected chi connectivity index (χ1v) is 11.8. The van der Waals surface area contributed by atoms with E-state index >= 15 is 0 Å². The van der Waals surface area contributed by atoms with Crippen molar-refractivity contribution in [3.05, 3.63) is 59.6 Å². The molecule has 1 aliphatic rings. The van der Waals surface area contributed by atoms with E-state index in [4.69, 9.17) is 4.52 Å². The van der Waals surface area contributed by atoms with Crippen LogP contribution in [0.3, 0.4) is 0 Å². The van der Waals surface area contributed by atoms with E-state index in [1.54, 1.807) is 30.6 Å². The minimum absolute atomic E-state index is 0.189. The number of carbonyl (C=O) groups is 1. The summed E-state index contributed by atoms with van der Waals surface area (Å²) < 4.78 is 5.29. The van der Waals surface area contributed by atoms with E-state index in [2.05, 4.69) is 47.8 Å². The van der Waals surface area contributed by atoms with E-state index in [0.29, 0.717) is 28.8 Å². The fraction of sp³-hybridized carbons (Fsp3) is 0.385. The van der Waals surface area contributed by atoms with E-state index in [9.17, 15) is 4.79 Å². The summed E-state index contributed by atoms with van der Waals surface area (Å²) in [6.07, 6.45) is 5.99. The van der Waals surface area contributed by atoms with Gasteiger partial charge in [-0.2, -0.15) is 0 Å². The summed E-state index contributed by atoms with van der Waals surface area (Å²) in [7, 11) is 0. The first-order chi connectivity index (χ1) is 16.8. The van der Waals surface area contributed by atoms with Gasteiger partial charge in [-0.3, -0.25) is 5.32 Å². The van der Waals surface area contributed by atoms with Crippen molar-refractivity contribution in [2.24, 2.45) is 0 Å². The second kappa shape index (κ2) is 11.0. The number of amides is 2. The highest BCUT2D eigenvalue weighted by molar-refractivity contribution is 5.99. The van der Waals surface area contributed by atoms with Gasteiger partial charge in [-0.1, -0.05) is 43.8 Å². The van der Waals surface area contributed by atoms with Crippen LogP contribution in [0.5, 0.6) is 0 Å². The van der Waals surface area contributed by atoms with Gasteiger partial charge in [0.1, 0.15) is 5.76 Å². The number of rotatable bonds is 6. The van der Waals surface area contributed by atoms with E-state index in [0.717, 1.165) is 18.7 Å². The van der Waals surface area contributed by atoms with Gasteiger partial charge in [-0.05, 0) is 44.1 Å². The second-order valence-corrected chi connectivity index (χ2v) is 9.51. The molecule has 0 bridgehead atoms. The zero-order valence-corrected chi connectivity index (χ0v) is 20.4. The Bertz CT molecular complexity index is 1200. The van der Waals surface area contributed by atoms with Crippen LogP contribution < -0.4 is 16.0 Å². The van der Waals surface area contributed by atoms with Crippen molar-refractivity contribution in [1.82, 2.24) is 20.0 Å². The molecule has 4 rings (SSSR count). The summed E-state index contributed by atoms with van der Waals surface area (Å²) in [6.45, 7) is 10.2. The summed E-state index contributed by atoms with van der Waals surface area (Å²) >= 11 is 0. The monoisotopic (exact) mass is 473 g/mol. The number of anilines is 3. The average Bonchev–Trinajstić information content (AvgIpc) is 3.51. The van der Waals surface area contributed by atoms with Crippen LogP contribution in [0, 0.1) is 11.8 Å². The maximum atomic E-state index is 12.3. The van der Waals surface area contributed by atoms with Gasteiger partial charge in [0.25, 0.3) is 0 Å². The van der Waals surface area contributed by atoms with E-state index in [-0.39, 0.29) is 5.41 Å². The van der Waals surface area contributed by atoms with Gasteiger partial charge in [0.05, 0.1) is 5.56 Å². The fourth-order valence-corrected chi connectivity index (χ4v) is 3.60. The van der Waals surface area contributed by atoms with Gasteiger partial charge in [-0.15, -0.1) is 0 Å². The lowest BCUT2D eigenvalue weighted by Crippen LogP contribution is -2.26. The SMILES string of the molecule is CC(C)(C)c1cc(NC(=O)Nc2cccc(C#Cc3cnc(NCCN4CCCC4)nc3)c2)no1. The Kier molecular flexibility index (Phi) is 7.63. The van der Waals surface area contributed by atoms with Crippen molar-refractivity contribution in [1.29, 1.82) is 0 Å². The Morgan fingerprint density at radius 3 is 2.51 bits per heavy atom. The smallest absolute Gasteiger partial charge is 0.324 e. The second-order valence-electron chi connectivity index (χ2n) is 9.51. The molecule has 0 saturated carbocycles. The van der Waals surface area contributed by atoms with Crippen molar-refractivity contribution >= 4 is 23.5 Å². The van der Waals surface area contributed by atoms with Crippen LogP contribution in [0.2, 0.25) is 0 Å². The molecular weight excluding hydrogens is 442 g/mol. The van der Waals surface area contributed by atoms with Gasteiger partial charge >= 0.3 is 6.03 Å². The van der Waals surface area contributed by atoms with Crippen LogP contribution >= 0.6 is 0 Å². The molecule has 1 saturated heterocycles. The average molecular weight is 474 g/mol. The Balaban J connectivity index is 1.29. The van der Waals surface area contributed by atoms with E-state index in [1.165, 1.54) is 25.9 Å². The predicted molar refractivity (Wildman–Crippen MR) is 136 cm³/mol. The number of likely N-dealkylation sites (tertiary alicyclic amines) is 1. The Morgan fingerprint density at radius 1 is 1.06 bits per heavy atom. The zero-order chi connectivity index (χ0) is 24.7. The van der Waals surface area contributed by atoms with Gasteiger partial charge < -0.3 is 20.1 Å². The molecule has 182 valence electrons. The Labute approximate surface area is 205 Å². The van der Waals surface area contributed by atoms with Crippen molar-refractivity contribution < 1.29 is 9.32 Å². The molecule has 0 unspecified atom stereocenters. The molecule has 1 aromatic carbocycles. The number of urea groups is 1. The highest BCUT2D eigenvalue weighted by atomic mass is 16.5. The lowest BCUT2D eigenvalue weighted by Gasteiger charge is -2.14. The predicted octanol–water partition coefficient (Wildman–Crippen LogP) is 4.31. The van der Waals surface area contributed by atoms with Crippen LogP contribution in [-0.4, -0.2) is 52.2 Å². The van der Waals surface area contributed by atoms with Crippen molar-refractivity contribution in [2.45, 2.75) is 39.0 Å². The topological polar surface area (TPSA) is 108 Å². The molecule has 0 atom stereocenters. The Hall–Kier alpha value is -3.90. The van der Waals surface area contributed by atoms with Crippen LogP contribution in [0.4, 0.5) is 22.2 Å². The minimum Gasteiger partial charge on any atom is -0.359 e. The Morgan fingerprint density at radius 2 is 1.80 bits per heavy atom. The third kappa shape index (κ3) is 7.29. The van der Waals surface area contributed by atoms with Gasteiger partial charge in [-0.25, -0.2) is 14.8 Å². The van der Waals surface area contributed by atoms with Gasteiger partial charge in [0, 0.05) is 48.2 Å². The van der Waals surface area contributed by atoms with E-state index < -0.39 is 6.03 Å². The standard InChI is InChI=1S/C26H31N7O2/c1-26(2,3)22-16-23(32-35-22)31-25(34)30-21-8-6-7-19(15-21)9-10-20-17-28-24(29-18-20)27-11-14-33-12-4-5-13-33/h6-8,15-18H,4-5,11-14H2,1-3H3,(H,27,28,29)(H2,30,31,32,34). The highest BCUT2D eigenvalue weighted by Gasteiger charge is 2.20. The molecular formula is C26H31N7O2. The van der Waals surface area contributed by atoms with Crippen LogP contribution in [0.1, 0.15) is 50.5 Å². The molecule has 9 nitrogen and oxygen atoms in total. The maximum absolute atomic E-state index is 12.3. The molecule has 2 amide bonds. The third-order valence-corrected chi connectivity index (χ3v) is 5.52. The molecule has 1 aliphatic heterocycles. The molecule has 2 aromatic heterocycles. The lowest BCUT2D eigenvalue weighted by molar-refractivity contribution is 0.262. The number of nitrogens with one attached hydrogen (secondary N) is 3. The van der Waals surface area contributed by atoms with Crippen LogP contribution in [-0.2, 0) is 5.41 Å². The summed E-state index contributed by atoms with van der Waals surface area (Å²) in [5, 5.41) is 12.6. The van der Waals surface area contributed by atoms with Gasteiger partial charge in [0.15, 0.2) is 5.82 Å². The van der Waals surface area contributed by atoms with Crippen molar-refractivity contribution in [3.63, 3.8) is 0 Å². The van der Waals surface area contributed by atoms with Crippen LogP contribution in [0.15, 0.2) is 47.2 Å². The molecule has 0 radical (unpaired) electrons. The molecule has 3 heterocycles. The highest BCUT2D eigenvalue weighted by Crippen LogP contribution is 2.24. The summed E-state index contributed by atoms with van der Waals surface area (Å²) in [6, 6.07) is 8.60. The molecule has 1 fully saturated rings. The molecule has 0 aliphatic carbocycles. The summed E-state index contributed by atoms with van der Waals surface area (Å²) in [4.78, 5) is 23.5. The van der Waals surface area contributed by atoms with Crippen LogP contribution in [0.25, 0.3) is 0 Å². The molecule has 3 aromatic rings. The molecule has 9 heteroatoms. The summed E-state index contributed by atoms with van der Waals surface area (Å²) in [5.41, 5.74) is 1.90. The third-order valence-electron chi connectivity index (χ3n) is 5.52. The number of carbonyl (C=O) groups excluding carboxylic acids is 1. The fourth-order valence-electron chi connectivity index (χ4n) is 3.60. The summed E-state index contributed by atoms with van der Waals surface area (Å²) in [5.74, 6) is 7.81. The lowest BCUT2D eigenvalue weighted by atomic mass is 9.93. The molecule has 3 N–H and O–H groups in total. The maximum Gasteiger partial charge on any atom is 0.324 e. The number of benzene rings is 1. The number of aromatic nitrogens is 3. The number of nitrogens with zero attached hydrogens (tertiary/aromatic N) is 4.